The number of rotatable bonds is 9. The van der Waals surface area contributed by atoms with Crippen molar-refractivity contribution in [2.75, 3.05) is 43.1 Å². The van der Waals surface area contributed by atoms with Crippen LogP contribution in [-0.4, -0.2) is 61.6 Å². The number of nitrogens with two attached hydrogens (primary N) is 1. The third kappa shape index (κ3) is 5.05. The summed E-state index contributed by atoms with van der Waals surface area (Å²) in [5.41, 5.74) is 6.08. The van der Waals surface area contributed by atoms with Gasteiger partial charge in [0.15, 0.2) is 0 Å². The molecule has 0 bridgehead atoms. The van der Waals surface area contributed by atoms with Gasteiger partial charge in [-0.2, -0.15) is 0 Å². The molecular formula is C22H30F2N4O3. The predicted octanol–water partition coefficient (Wildman–Crippen LogP) is 2.52. The van der Waals surface area contributed by atoms with Gasteiger partial charge in [0, 0.05) is 42.6 Å². The Morgan fingerprint density at radius 2 is 2.06 bits per heavy atom. The van der Waals surface area contributed by atoms with Crippen molar-refractivity contribution in [3.8, 4) is 0 Å². The van der Waals surface area contributed by atoms with E-state index in [2.05, 4.69) is 10.2 Å². The Kier molecular flexibility index (Phi) is 6.83. The quantitative estimate of drug-likeness (QED) is 0.621. The maximum absolute atomic E-state index is 13.8. The fraction of sp³-hybridized carbons (Fsp3) is 0.636. The first kappa shape index (κ1) is 22.1. The van der Waals surface area contributed by atoms with Crippen LogP contribution in [0.1, 0.15) is 44.1 Å². The Morgan fingerprint density at radius 3 is 2.65 bits per heavy atom. The Balaban J connectivity index is 1.51. The van der Waals surface area contributed by atoms with E-state index in [0.717, 1.165) is 19.4 Å². The van der Waals surface area contributed by atoms with E-state index >= 15 is 0 Å². The van der Waals surface area contributed by atoms with Gasteiger partial charge in [0.25, 0.3) is 12.3 Å². The van der Waals surface area contributed by atoms with Crippen LogP contribution in [0.25, 0.3) is 0 Å². The lowest BCUT2D eigenvalue weighted by atomic mass is 9.84. The average molecular weight is 437 g/mol. The van der Waals surface area contributed by atoms with E-state index < -0.39 is 12.5 Å². The Hall–Kier alpha value is -2.10. The number of halogens is 2. The van der Waals surface area contributed by atoms with E-state index in [9.17, 15) is 18.4 Å². The summed E-state index contributed by atoms with van der Waals surface area (Å²) in [6, 6.07) is 4.10. The number of morpholine rings is 1. The standard InChI is InChI=1S/C22H30F2N4O3/c23-21(24)17-10-16(27-8-9-31-13-20(27)29)6-7-18(17)26-22(30)19(11-25)28(15-4-5-15)12-14-2-1-3-14/h6-7,10,14-15,19,21H,1-5,8-9,11-13,25H2,(H,26,30)/t19-/m1/s1. The van der Waals surface area contributed by atoms with Crippen LogP contribution < -0.4 is 16.0 Å². The number of benzene rings is 1. The van der Waals surface area contributed by atoms with E-state index in [4.69, 9.17) is 10.5 Å². The fourth-order valence-electron chi connectivity index (χ4n) is 4.32. The molecule has 2 aliphatic carbocycles. The van der Waals surface area contributed by atoms with Gasteiger partial charge in [-0.15, -0.1) is 0 Å². The normalized spacial score (nSPS) is 20.8. The Morgan fingerprint density at radius 1 is 1.29 bits per heavy atom. The number of alkyl halides is 2. The summed E-state index contributed by atoms with van der Waals surface area (Å²) in [7, 11) is 0. The first-order valence-corrected chi connectivity index (χ1v) is 11.0. The number of carbonyl (C=O) groups is 2. The molecule has 0 unspecified atom stereocenters. The number of nitrogens with zero attached hydrogens (tertiary/aromatic N) is 2. The molecule has 1 atom stereocenters. The number of hydrogen-bond acceptors (Lipinski definition) is 5. The number of ether oxygens (including phenoxy) is 1. The number of hydrogen-bond donors (Lipinski definition) is 2. The highest BCUT2D eigenvalue weighted by Crippen LogP contribution is 2.35. The van der Waals surface area contributed by atoms with E-state index in [1.165, 1.54) is 36.3 Å². The zero-order chi connectivity index (χ0) is 22.0. The summed E-state index contributed by atoms with van der Waals surface area (Å²) < 4.78 is 32.7. The molecule has 0 radical (unpaired) electrons. The summed E-state index contributed by atoms with van der Waals surface area (Å²) in [5.74, 6) is -0.0437. The third-order valence-electron chi connectivity index (χ3n) is 6.46. The molecule has 0 spiro atoms. The van der Waals surface area contributed by atoms with Gasteiger partial charge in [0.1, 0.15) is 12.6 Å². The van der Waals surface area contributed by atoms with Gasteiger partial charge in [-0.25, -0.2) is 8.78 Å². The molecule has 2 saturated carbocycles. The minimum Gasteiger partial charge on any atom is -0.370 e. The molecule has 7 nitrogen and oxygen atoms in total. The van der Waals surface area contributed by atoms with E-state index in [-0.39, 0.29) is 36.2 Å². The average Bonchev–Trinajstić information content (AvgIpc) is 3.55. The van der Waals surface area contributed by atoms with Gasteiger partial charge < -0.3 is 20.7 Å². The zero-order valence-electron chi connectivity index (χ0n) is 17.6. The second-order valence-electron chi connectivity index (χ2n) is 8.64. The topological polar surface area (TPSA) is 87.9 Å². The minimum absolute atomic E-state index is 0.0577. The van der Waals surface area contributed by atoms with Gasteiger partial charge in [0.2, 0.25) is 5.91 Å². The van der Waals surface area contributed by atoms with Crippen LogP contribution in [0.3, 0.4) is 0 Å². The molecule has 1 saturated heterocycles. The molecule has 1 aromatic rings. The van der Waals surface area contributed by atoms with Gasteiger partial charge in [-0.05, 0) is 49.8 Å². The molecule has 1 aromatic carbocycles. The maximum Gasteiger partial charge on any atom is 0.265 e. The van der Waals surface area contributed by atoms with Crippen molar-refractivity contribution in [3.63, 3.8) is 0 Å². The van der Waals surface area contributed by atoms with Crippen molar-refractivity contribution < 1.29 is 23.1 Å². The molecule has 170 valence electrons. The second kappa shape index (κ2) is 9.58. The second-order valence-corrected chi connectivity index (χ2v) is 8.64. The van der Waals surface area contributed by atoms with E-state index in [1.54, 1.807) is 6.07 Å². The van der Waals surface area contributed by atoms with E-state index in [0.29, 0.717) is 30.8 Å². The number of anilines is 2. The third-order valence-corrected chi connectivity index (χ3v) is 6.46. The summed E-state index contributed by atoms with van der Waals surface area (Å²) in [4.78, 5) is 28.7. The van der Waals surface area contributed by atoms with Crippen molar-refractivity contribution in [1.29, 1.82) is 0 Å². The van der Waals surface area contributed by atoms with Gasteiger partial charge >= 0.3 is 0 Å². The van der Waals surface area contributed by atoms with Crippen molar-refractivity contribution in [1.82, 2.24) is 4.90 Å². The van der Waals surface area contributed by atoms with Crippen LogP contribution in [0.2, 0.25) is 0 Å². The molecule has 4 rings (SSSR count). The molecule has 3 fully saturated rings. The minimum atomic E-state index is -2.79. The van der Waals surface area contributed by atoms with Crippen LogP contribution in [0, 0.1) is 5.92 Å². The summed E-state index contributed by atoms with van der Waals surface area (Å²) in [6.07, 6.45) is 2.84. The monoisotopic (exact) mass is 436 g/mol. The molecule has 3 N–H and O–H groups in total. The largest absolute Gasteiger partial charge is 0.370 e. The van der Waals surface area contributed by atoms with Gasteiger partial charge in [-0.3, -0.25) is 14.5 Å². The number of nitrogens with one attached hydrogen (secondary N) is 1. The first-order chi connectivity index (χ1) is 15.0. The highest BCUT2D eigenvalue weighted by Gasteiger charge is 2.39. The SMILES string of the molecule is NC[C@H](C(=O)Nc1ccc(N2CCOCC2=O)cc1C(F)F)N(CC1CCC1)C1CC1. The zero-order valence-corrected chi connectivity index (χ0v) is 17.6. The number of carbonyl (C=O) groups excluding carboxylic acids is 2. The lowest BCUT2D eigenvalue weighted by molar-refractivity contribution is -0.125. The predicted molar refractivity (Wildman–Crippen MR) is 113 cm³/mol. The Bertz CT molecular complexity index is 814. The summed E-state index contributed by atoms with van der Waals surface area (Å²) in [5, 5.41) is 2.69. The van der Waals surface area contributed by atoms with Gasteiger partial charge in [-0.1, -0.05) is 6.42 Å². The highest BCUT2D eigenvalue weighted by atomic mass is 19.3. The molecule has 3 aliphatic rings. The Labute approximate surface area is 180 Å². The molecule has 9 heteroatoms. The summed E-state index contributed by atoms with van der Waals surface area (Å²) >= 11 is 0. The van der Waals surface area contributed by atoms with Crippen LogP contribution in [0.5, 0.6) is 0 Å². The molecule has 1 aliphatic heterocycles. The van der Waals surface area contributed by atoms with Crippen LogP contribution in [0.4, 0.5) is 20.2 Å². The lowest BCUT2D eigenvalue weighted by Gasteiger charge is -2.36. The number of amides is 2. The highest BCUT2D eigenvalue weighted by molar-refractivity contribution is 5.97. The lowest BCUT2D eigenvalue weighted by Crippen LogP contribution is -2.51. The van der Waals surface area contributed by atoms with Crippen molar-refractivity contribution in [3.05, 3.63) is 23.8 Å². The van der Waals surface area contributed by atoms with Crippen LogP contribution >= 0.6 is 0 Å². The molecule has 31 heavy (non-hydrogen) atoms. The smallest absolute Gasteiger partial charge is 0.265 e. The van der Waals surface area contributed by atoms with Crippen LogP contribution in [-0.2, 0) is 14.3 Å². The molecule has 0 aromatic heterocycles. The molecular weight excluding hydrogens is 406 g/mol. The molecule has 2 amide bonds. The van der Waals surface area contributed by atoms with Crippen molar-refractivity contribution in [2.45, 2.75) is 50.6 Å². The van der Waals surface area contributed by atoms with Crippen LogP contribution in [0.15, 0.2) is 18.2 Å². The maximum atomic E-state index is 13.8. The van der Waals surface area contributed by atoms with Crippen molar-refractivity contribution in [2.24, 2.45) is 11.7 Å². The van der Waals surface area contributed by atoms with Crippen molar-refractivity contribution >= 4 is 23.2 Å². The van der Waals surface area contributed by atoms with Gasteiger partial charge in [0.05, 0.1) is 6.61 Å². The fourth-order valence-corrected chi connectivity index (χ4v) is 4.32. The van der Waals surface area contributed by atoms with E-state index in [1.807, 2.05) is 0 Å². The summed E-state index contributed by atoms with van der Waals surface area (Å²) in [6.45, 7) is 1.56. The first-order valence-electron chi connectivity index (χ1n) is 11.0. The molecule has 1 heterocycles.